The van der Waals surface area contributed by atoms with E-state index in [9.17, 15) is 13.0 Å². The van der Waals surface area contributed by atoms with Crippen LogP contribution in [0.15, 0.2) is 0 Å². The van der Waals surface area contributed by atoms with Gasteiger partial charge in [-0.3, -0.25) is 14.0 Å². The molecule has 0 radical (unpaired) electrons. The van der Waals surface area contributed by atoms with Gasteiger partial charge in [0.05, 0.1) is 19.5 Å². The monoisotopic (exact) mass is 394 g/mol. The molecule has 0 bridgehead atoms. The Labute approximate surface area is 142 Å². The molecule has 138 valence electrons. The molecule has 0 spiro atoms. The van der Waals surface area contributed by atoms with Gasteiger partial charge in [0.1, 0.15) is 0 Å². The standard InChI is InChI=1S/C11H24ClN2O7PS/c1-10(2)13(6-5-12)22(16)14(7-9-20-23(3,17)18)11(21-15)4-8-19-22/h10-11,15H,4-9H2,1-3H3. The molecule has 9 nitrogen and oxygen atoms in total. The van der Waals surface area contributed by atoms with Crippen LogP contribution in [-0.2, 0) is 28.3 Å². The van der Waals surface area contributed by atoms with Crippen LogP contribution in [0.3, 0.4) is 0 Å². The maximum absolute atomic E-state index is 13.4. The summed E-state index contributed by atoms with van der Waals surface area (Å²) in [7, 11) is -7.17. The molecule has 2 atom stereocenters. The third kappa shape index (κ3) is 5.91. The van der Waals surface area contributed by atoms with Crippen molar-refractivity contribution in [2.75, 3.05) is 38.4 Å². The van der Waals surface area contributed by atoms with E-state index < -0.39 is 24.0 Å². The van der Waals surface area contributed by atoms with Crippen molar-refractivity contribution in [1.29, 1.82) is 0 Å². The maximum Gasteiger partial charge on any atom is 0.348 e. The number of rotatable bonds is 9. The molecule has 23 heavy (non-hydrogen) atoms. The maximum atomic E-state index is 13.4. The Balaban J connectivity index is 3.00. The molecule has 0 aromatic rings. The zero-order valence-electron chi connectivity index (χ0n) is 13.4. The van der Waals surface area contributed by atoms with Crippen molar-refractivity contribution in [3.8, 4) is 0 Å². The lowest BCUT2D eigenvalue weighted by Gasteiger charge is -2.44. The summed E-state index contributed by atoms with van der Waals surface area (Å²) < 4.78 is 48.7. The van der Waals surface area contributed by atoms with Crippen molar-refractivity contribution in [1.82, 2.24) is 9.34 Å². The summed E-state index contributed by atoms with van der Waals surface area (Å²) in [5.41, 5.74) is 0. The minimum atomic E-state index is -3.63. The zero-order chi connectivity index (χ0) is 17.7. The van der Waals surface area contributed by atoms with Gasteiger partial charge in [0.2, 0.25) is 0 Å². The minimum Gasteiger partial charge on any atom is -0.306 e. The largest absolute Gasteiger partial charge is 0.348 e. The third-order valence-corrected chi connectivity index (χ3v) is 6.96. The Kier molecular flexibility index (Phi) is 8.39. The molecule has 1 fully saturated rings. The Hall–Kier alpha value is 0.230. The van der Waals surface area contributed by atoms with Gasteiger partial charge in [0.15, 0.2) is 6.23 Å². The van der Waals surface area contributed by atoms with Gasteiger partial charge in [-0.15, -0.1) is 11.6 Å². The van der Waals surface area contributed by atoms with Gasteiger partial charge in [-0.25, -0.2) is 9.56 Å². The molecule has 1 saturated heterocycles. The summed E-state index contributed by atoms with van der Waals surface area (Å²) >= 11 is 5.78. The van der Waals surface area contributed by atoms with E-state index in [0.717, 1.165) is 6.26 Å². The smallest absolute Gasteiger partial charge is 0.306 e. The van der Waals surface area contributed by atoms with E-state index in [0.29, 0.717) is 6.54 Å². The summed E-state index contributed by atoms with van der Waals surface area (Å²) in [6.07, 6.45) is 0.327. The van der Waals surface area contributed by atoms with E-state index in [-0.39, 0.29) is 38.1 Å². The van der Waals surface area contributed by atoms with Gasteiger partial charge >= 0.3 is 7.67 Å². The number of alkyl halides is 1. The highest BCUT2D eigenvalue weighted by molar-refractivity contribution is 7.85. The van der Waals surface area contributed by atoms with Crippen molar-refractivity contribution >= 4 is 29.4 Å². The van der Waals surface area contributed by atoms with Gasteiger partial charge < -0.3 is 4.52 Å². The number of hydrogen-bond acceptors (Lipinski definition) is 7. The second-order valence-corrected chi connectivity index (χ2v) is 9.60. The molecule has 0 saturated carbocycles. The quantitative estimate of drug-likeness (QED) is 0.205. The van der Waals surface area contributed by atoms with Crippen LogP contribution in [0.25, 0.3) is 0 Å². The molecule has 1 aliphatic heterocycles. The van der Waals surface area contributed by atoms with Crippen molar-refractivity contribution in [2.45, 2.75) is 32.5 Å². The summed E-state index contributed by atoms with van der Waals surface area (Å²) in [5.74, 6) is 0.240. The highest BCUT2D eigenvalue weighted by Gasteiger charge is 2.47. The van der Waals surface area contributed by atoms with Gasteiger partial charge in [-0.1, -0.05) is 0 Å². The van der Waals surface area contributed by atoms with Crippen LogP contribution in [0.2, 0.25) is 0 Å². The van der Waals surface area contributed by atoms with Crippen LogP contribution >= 0.6 is 19.3 Å². The van der Waals surface area contributed by atoms with Crippen LogP contribution in [0, 0.1) is 0 Å². The van der Waals surface area contributed by atoms with Gasteiger partial charge in [0, 0.05) is 31.4 Å². The lowest BCUT2D eigenvalue weighted by Crippen LogP contribution is -2.47. The third-order valence-electron chi connectivity index (χ3n) is 3.26. The van der Waals surface area contributed by atoms with Gasteiger partial charge in [-0.05, 0) is 13.8 Å². The average Bonchev–Trinajstić information content (AvgIpc) is 2.44. The molecule has 1 aliphatic rings. The Morgan fingerprint density at radius 3 is 2.65 bits per heavy atom. The fraction of sp³-hybridized carbons (Fsp3) is 1.00. The fourth-order valence-corrected chi connectivity index (χ4v) is 5.67. The molecule has 0 amide bonds. The van der Waals surface area contributed by atoms with E-state index in [1.165, 1.54) is 4.67 Å². The molecule has 12 heteroatoms. The summed E-state index contributed by atoms with van der Waals surface area (Å²) in [6, 6.07) is -0.143. The molecule has 1 N–H and O–H groups in total. The highest BCUT2D eigenvalue weighted by Crippen LogP contribution is 2.58. The van der Waals surface area contributed by atoms with E-state index in [2.05, 4.69) is 4.89 Å². The van der Waals surface area contributed by atoms with Crippen LogP contribution in [0.1, 0.15) is 20.3 Å². The molecular weight excluding hydrogens is 371 g/mol. The van der Waals surface area contributed by atoms with Crippen molar-refractivity contribution in [3.05, 3.63) is 0 Å². The summed E-state index contributed by atoms with van der Waals surface area (Å²) in [4.78, 5) is 4.40. The van der Waals surface area contributed by atoms with Crippen LogP contribution in [0.4, 0.5) is 0 Å². The molecule has 1 rings (SSSR count). The zero-order valence-corrected chi connectivity index (χ0v) is 15.9. The lowest BCUT2D eigenvalue weighted by molar-refractivity contribution is -0.310. The van der Waals surface area contributed by atoms with Gasteiger partial charge in [-0.2, -0.15) is 13.1 Å². The molecule has 0 aliphatic carbocycles. The molecule has 1 heterocycles. The highest BCUT2D eigenvalue weighted by atomic mass is 35.5. The van der Waals surface area contributed by atoms with E-state index >= 15 is 0 Å². The van der Waals surface area contributed by atoms with Crippen LogP contribution in [-0.4, -0.2) is 73.7 Å². The molecule has 0 aromatic heterocycles. The van der Waals surface area contributed by atoms with Crippen molar-refractivity contribution in [2.24, 2.45) is 0 Å². The number of halogens is 1. The first-order valence-corrected chi connectivity index (χ1v) is 11.0. The topological polar surface area (TPSA) is 106 Å². The molecule has 0 aromatic carbocycles. The second-order valence-electron chi connectivity index (χ2n) is 5.31. The van der Waals surface area contributed by atoms with Crippen LogP contribution in [0.5, 0.6) is 0 Å². The number of hydrogen-bond donors (Lipinski definition) is 1. The summed E-state index contributed by atoms with van der Waals surface area (Å²) in [6.45, 7) is 3.82. The summed E-state index contributed by atoms with van der Waals surface area (Å²) in [5, 5.41) is 9.08. The first-order valence-electron chi connectivity index (χ1n) is 7.15. The Morgan fingerprint density at radius 2 is 2.17 bits per heavy atom. The van der Waals surface area contributed by atoms with Crippen molar-refractivity contribution < 1.29 is 31.8 Å². The van der Waals surface area contributed by atoms with E-state index in [1.807, 2.05) is 13.8 Å². The second kappa shape index (κ2) is 9.07. The van der Waals surface area contributed by atoms with Crippen LogP contribution < -0.4 is 0 Å². The van der Waals surface area contributed by atoms with Crippen molar-refractivity contribution in [3.63, 3.8) is 0 Å². The van der Waals surface area contributed by atoms with E-state index in [4.69, 9.17) is 25.6 Å². The fourth-order valence-electron chi connectivity index (χ4n) is 2.30. The normalized spacial score (nSPS) is 27.0. The molecular formula is C11H24ClN2O7PS. The van der Waals surface area contributed by atoms with Gasteiger partial charge in [0.25, 0.3) is 10.1 Å². The first kappa shape index (κ1) is 21.3. The first-order chi connectivity index (χ1) is 10.7. The Morgan fingerprint density at radius 1 is 1.52 bits per heavy atom. The minimum absolute atomic E-state index is 0.0545. The average molecular weight is 395 g/mol. The Bertz CT molecular complexity index is 519. The molecule has 2 unspecified atom stereocenters. The van der Waals surface area contributed by atoms with E-state index in [1.54, 1.807) is 4.67 Å². The predicted octanol–water partition coefficient (Wildman–Crippen LogP) is 1.56. The predicted molar refractivity (Wildman–Crippen MR) is 85.7 cm³/mol. The SMILES string of the molecule is CC(C)N(CCCl)P1(=O)OCCC(OO)N1CCOS(C)(=O)=O. The number of nitrogens with zero attached hydrogens (tertiary/aromatic N) is 2. The lowest BCUT2D eigenvalue weighted by atomic mass is 10.4.